The minimum atomic E-state index is -0.0735. The van der Waals surface area contributed by atoms with Crippen LogP contribution in [0.25, 0.3) is 10.8 Å². The molecule has 0 bridgehead atoms. The lowest BCUT2D eigenvalue weighted by atomic mass is 10.2. The summed E-state index contributed by atoms with van der Waals surface area (Å²) in [5.41, 5.74) is 5.74. The fourth-order valence-corrected chi connectivity index (χ4v) is 1.69. The molecule has 0 amide bonds. The summed E-state index contributed by atoms with van der Waals surface area (Å²) in [6, 6.07) is 9.55. The Labute approximate surface area is 99.8 Å². The van der Waals surface area contributed by atoms with E-state index in [1.807, 2.05) is 37.3 Å². The van der Waals surface area contributed by atoms with E-state index in [2.05, 4.69) is 10.3 Å². The van der Waals surface area contributed by atoms with Gasteiger partial charge < -0.3 is 16.0 Å². The van der Waals surface area contributed by atoms with Crippen molar-refractivity contribution in [2.75, 3.05) is 11.9 Å². The van der Waals surface area contributed by atoms with Crippen LogP contribution >= 0.6 is 0 Å². The Balaban J connectivity index is 2.28. The van der Waals surface area contributed by atoms with Crippen molar-refractivity contribution in [3.8, 4) is 0 Å². The molecule has 90 valence electrons. The van der Waals surface area contributed by atoms with Crippen LogP contribution in [0.3, 0.4) is 0 Å². The molecule has 0 aliphatic carbocycles. The summed E-state index contributed by atoms with van der Waals surface area (Å²) in [6.07, 6.45) is 0.908. The maximum Gasteiger partial charge on any atom is 0.257 e. The van der Waals surface area contributed by atoms with E-state index in [0.29, 0.717) is 11.9 Å². The van der Waals surface area contributed by atoms with Crippen molar-refractivity contribution in [2.45, 2.75) is 19.4 Å². The van der Waals surface area contributed by atoms with Crippen molar-refractivity contribution in [2.24, 2.45) is 5.73 Å². The second-order valence-corrected chi connectivity index (χ2v) is 4.15. The maximum absolute atomic E-state index is 11.8. The highest BCUT2D eigenvalue weighted by molar-refractivity contribution is 5.83. The van der Waals surface area contributed by atoms with E-state index in [1.165, 1.54) is 0 Å². The molecule has 0 spiro atoms. The molecule has 1 aromatic carbocycles. The number of H-pyrrole nitrogens is 1. The molecule has 1 atom stereocenters. The van der Waals surface area contributed by atoms with Crippen LogP contribution in [0.4, 0.5) is 5.82 Å². The van der Waals surface area contributed by atoms with Crippen LogP contribution < -0.4 is 16.6 Å². The molecule has 0 aliphatic rings. The molecule has 0 aliphatic heterocycles. The topological polar surface area (TPSA) is 70.9 Å². The highest BCUT2D eigenvalue weighted by Gasteiger charge is 2.02. The molecule has 4 nitrogen and oxygen atoms in total. The van der Waals surface area contributed by atoms with Crippen LogP contribution in [0.15, 0.2) is 35.1 Å². The van der Waals surface area contributed by atoms with Crippen molar-refractivity contribution in [3.63, 3.8) is 0 Å². The monoisotopic (exact) mass is 231 g/mol. The van der Waals surface area contributed by atoms with Crippen molar-refractivity contribution < 1.29 is 0 Å². The third kappa shape index (κ3) is 2.65. The summed E-state index contributed by atoms with van der Waals surface area (Å²) in [6.45, 7) is 2.69. The molecule has 0 saturated heterocycles. The normalized spacial score (nSPS) is 12.6. The first kappa shape index (κ1) is 11.7. The number of anilines is 1. The first-order chi connectivity index (χ1) is 8.20. The van der Waals surface area contributed by atoms with E-state index < -0.39 is 0 Å². The fourth-order valence-electron chi connectivity index (χ4n) is 1.69. The van der Waals surface area contributed by atoms with Crippen molar-refractivity contribution in [3.05, 3.63) is 40.7 Å². The Hall–Kier alpha value is -1.81. The largest absolute Gasteiger partial charge is 0.370 e. The molecule has 4 N–H and O–H groups in total. The Morgan fingerprint density at radius 1 is 1.41 bits per heavy atom. The first-order valence-corrected chi connectivity index (χ1v) is 5.82. The number of aromatic nitrogens is 1. The zero-order chi connectivity index (χ0) is 12.3. The SMILES string of the molecule is CCC(N)CNc1cc2ccccc2c(=O)[nH]1. The molecule has 1 heterocycles. The standard InChI is InChI=1S/C13H17N3O/c1-2-10(14)8-15-12-7-9-5-3-4-6-11(9)13(17)16-12/h3-7,10H,2,8,14H2,1H3,(H2,15,16,17). The smallest absolute Gasteiger partial charge is 0.257 e. The number of nitrogens with two attached hydrogens (primary N) is 1. The molecule has 2 rings (SSSR count). The van der Waals surface area contributed by atoms with Crippen molar-refractivity contribution in [1.82, 2.24) is 4.98 Å². The van der Waals surface area contributed by atoms with Crippen LogP contribution in [-0.2, 0) is 0 Å². The van der Waals surface area contributed by atoms with Gasteiger partial charge in [0.15, 0.2) is 0 Å². The number of benzene rings is 1. The maximum atomic E-state index is 11.8. The molecule has 1 aromatic heterocycles. The van der Waals surface area contributed by atoms with Crippen molar-refractivity contribution in [1.29, 1.82) is 0 Å². The highest BCUT2D eigenvalue weighted by atomic mass is 16.1. The van der Waals surface area contributed by atoms with Crippen LogP contribution in [-0.4, -0.2) is 17.6 Å². The van der Waals surface area contributed by atoms with E-state index in [9.17, 15) is 4.79 Å². The summed E-state index contributed by atoms with van der Waals surface area (Å²) in [7, 11) is 0. The van der Waals surface area contributed by atoms with E-state index >= 15 is 0 Å². The van der Waals surface area contributed by atoms with Gasteiger partial charge in [-0.2, -0.15) is 0 Å². The van der Waals surface area contributed by atoms with E-state index in [-0.39, 0.29) is 11.6 Å². The second-order valence-electron chi connectivity index (χ2n) is 4.15. The van der Waals surface area contributed by atoms with Gasteiger partial charge in [0.2, 0.25) is 0 Å². The van der Waals surface area contributed by atoms with Gasteiger partial charge in [-0.05, 0) is 23.9 Å². The number of rotatable bonds is 4. The van der Waals surface area contributed by atoms with Crippen LogP contribution in [0.5, 0.6) is 0 Å². The van der Waals surface area contributed by atoms with Gasteiger partial charge in [-0.1, -0.05) is 25.1 Å². The van der Waals surface area contributed by atoms with Gasteiger partial charge in [-0.25, -0.2) is 0 Å². The lowest BCUT2D eigenvalue weighted by Gasteiger charge is -2.11. The molecule has 1 unspecified atom stereocenters. The molecule has 0 radical (unpaired) electrons. The number of nitrogens with one attached hydrogen (secondary N) is 2. The van der Waals surface area contributed by atoms with Gasteiger partial charge in [0, 0.05) is 18.0 Å². The van der Waals surface area contributed by atoms with Gasteiger partial charge in [-0.3, -0.25) is 4.79 Å². The Bertz CT molecular complexity index is 562. The van der Waals surface area contributed by atoms with Crippen LogP contribution in [0.2, 0.25) is 0 Å². The molecule has 0 saturated carbocycles. The average molecular weight is 231 g/mol. The summed E-state index contributed by atoms with van der Waals surface area (Å²) >= 11 is 0. The van der Waals surface area contributed by atoms with E-state index in [0.717, 1.165) is 17.6 Å². The summed E-state index contributed by atoms with van der Waals surface area (Å²) < 4.78 is 0. The second kappa shape index (κ2) is 5.01. The van der Waals surface area contributed by atoms with E-state index in [1.54, 1.807) is 0 Å². The zero-order valence-electron chi connectivity index (χ0n) is 9.86. The fraction of sp³-hybridized carbons (Fsp3) is 0.308. The lowest BCUT2D eigenvalue weighted by molar-refractivity contribution is 0.678. The predicted octanol–water partition coefficient (Wildman–Crippen LogP) is 1.68. The van der Waals surface area contributed by atoms with Crippen LogP contribution in [0.1, 0.15) is 13.3 Å². The average Bonchev–Trinajstić information content (AvgIpc) is 2.36. The molecular formula is C13H17N3O. The van der Waals surface area contributed by atoms with E-state index in [4.69, 9.17) is 5.73 Å². The number of fused-ring (bicyclic) bond motifs is 1. The molecule has 17 heavy (non-hydrogen) atoms. The van der Waals surface area contributed by atoms with Gasteiger partial charge in [0.1, 0.15) is 5.82 Å². The quantitative estimate of drug-likeness (QED) is 0.749. The minimum Gasteiger partial charge on any atom is -0.370 e. The number of hydrogen-bond donors (Lipinski definition) is 3. The number of hydrogen-bond acceptors (Lipinski definition) is 3. The van der Waals surface area contributed by atoms with Crippen LogP contribution in [0, 0.1) is 0 Å². The first-order valence-electron chi connectivity index (χ1n) is 5.82. The zero-order valence-corrected chi connectivity index (χ0v) is 9.86. The lowest BCUT2D eigenvalue weighted by Crippen LogP contribution is -2.28. The summed E-state index contributed by atoms with van der Waals surface area (Å²) in [4.78, 5) is 14.6. The third-order valence-electron chi connectivity index (χ3n) is 2.83. The predicted molar refractivity (Wildman–Crippen MR) is 71.3 cm³/mol. The Morgan fingerprint density at radius 3 is 2.94 bits per heavy atom. The molecule has 2 aromatic rings. The van der Waals surface area contributed by atoms with Gasteiger partial charge in [0.25, 0.3) is 5.56 Å². The molecule has 0 fully saturated rings. The molecular weight excluding hydrogens is 214 g/mol. The van der Waals surface area contributed by atoms with Gasteiger partial charge >= 0.3 is 0 Å². The highest BCUT2D eigenvalue weighted by Crippen LogP contribution is 2.12. The molecule has 4 heteroatoms. The Morgan fingerprint density at radius 2 is 2.18 bits per heavy atom. The number of aromatic amines is 1. The summed E-state index contributed by atoms with van der Waals surface area (Å²) in [5, 5.41) is 4.79. The van der Waals surface area contributed by atoms with Gasteiger partial charge in [0.05, 0.1) is 0 Å². The van der Waals surface area contributed by atoms with Crippen molar-refractivity contribution >= 4 is 16.6 Å². The van der Waals surface area contributed by atoms with Gasteiger partial charge in [-0.15, -0.1) is 0 Å². The summed E-state index contributed by atoms with van der Waals surface area (Å²) in [5.74, 6) is 0.720. The number of pyridine rings is 1. The third-order valence-corrected chi connectivity index (χ3v) is 2.83. The minimum absolute atomic E-state index is 0.0735. The Kier molecular flexibility index (Phi) is 3.44.